The van der Waals surface area contributed by atoms with Crippen LogP contribution in [-0.4, -0.2) is 68.3 Å². The van der Waals surface area contributed by atoms with Gasteiger partial charge in [0.1, 0.15) is 27.6 Å². The predicted molar refractivity (Wildman–Crippen MR) is 163 cm³/mol. The molecule has 3 N–H and O–H groups in total. The molecule has 0 aliphatic heterocycles. The van der Waals surface area contributed by atoms with Crippen LogP contribution in [0.1, 0.15) is 74.9 Å². The zero-order valence-electron chi connectivity index (χ0n) is 25.0. The minimum Gasteiger partial charge on any atom is -0.441 e. The van der Waals surface area contributed by atoms with Gasteiger partial charge in [-0.2, -0.15) is 14.6 Å². The van der Waals surface area contributed by atoms with Crippen molar-refractivity contribution >= 4 is 41.2 Å². The Hall–Kier alpha value is -4.08. The highest BCUT2D eigenvalue weighted by Crippen LogP contribution is 2.34. The molecular weight excluding hydrogens is 594 g/mol. The number of allylic oxidation sites excluding steroid dienone is 1. The molecule has 0 bridgehead atoms. The van der Waals surface area contributed by atoms with Crippen LogP contribution < -0.4 is 11.1 Å². The van der Waals surface area contributed by atoms with Crippen molar-refractivity contribution in [3.8, 4) is 11.4 Å². The van der Waals surface area contributed by atoms with Gasteiger partial charge < -0.3 is 20.5 Å². The Bertz CT molecular complexity index is 1530. The van der Waals surface area contributed by atoms with Gasteiger partial charge in [-0.3, -0.25) is 14.3 Å². The Kier molecular flexibility index (Phi) is 10.5. The summed E-state index contributed by atoms with van der Waals surface area (Å²) in [4.78, 5) is 33.4. The molecule has 15 heteroatoms. The number of ether oxygens (including phenoxy) is 2. The summed E-state index contributed by atoms with van der Waals surface area (Å²) in [5.41, 5.74) is 5.16. The van der Waals surface area contributed by atoms with Crippen LogP contribution in [0.2, 0.25) is 0 Å². The van der Waals surface area contributed by atoms with Crippen molar-refractivity contribution in [3.05, 3.63) is 52.4 Å². The molecule has 44 heavy (non-hydrogen) atoms. The van der Waals surface area contributed by atoms with E-state index in [0.29, 0.717) is 17.2 Å². The van der Waals surface area contributed by atoms with E-state index in [4.69, 9.17) is 15.2 Å². The Morgan fingerprint density at radius 2 is 1.98 bits per heavy atom. The average Bonchev–Trinajstić information content (AvgIpc) is 3.64. The topological polar surface area (TPSA) is 150 Å². The van der Waals surface area contributed by atoms with E-state index in [9.17, 15) is 18.4 Å². The normalized spacial score (nSPS) is 17.3. The Morgan fingerprint density at radius 1 is 1.25 bits per heavy atom. The van der Waals surface area contributed by atoms with Crippen molar-refractivity contribution in [2.75, 3.05) is 18.7 Å². The molecule has 1 amide bonds. The summed E-state index contributed by atoms with van der Waals surface area (Å²) in [5, 5.41) is 14.5. The maximum Gasteiger partial charge on any atom is 0.327 e. The third kappa shape index (κ3) is 8.09. The number of carbonyl (C=O) groups excluding carboxylic acids is 2. The van der Waals surface area contributed by atoms with Gasteiger partial charge in [0.05, 0.1) is 17.8 Å². The molecule has 1 aliphatic carbocycles. The minimum atomic E-state index is -1.17. The first-order chi connectivity index (χ1) is 20.9. The summed E-state index contributed by atoms with van der Waals surface area (Å²) in [7, 11) is 0. The standard InChI is InChI=1S/C29H36F2N8O4S/c1-6-42-19-9-7-18(8-10-19)39-14-21(25(37-39)24-20(30)11-12-23(31)36-24)34-26(40)22-15-44-27(35-22)17(2)13-38(33-5)16-43-28(41)29(3,4)32/h11-15,18-19H,5-10,16,32H2,1-4H3,(H,34,40)/b17-13+/t18-,19-. The molecule has 0 radical (unpaired) electrons. The van der Waals surface area contributed by atoms with E-state index in [-0.39, 0.29) is 41.6 Å². The number of nitrogens with two attached hydrogens (primary N) is 1. The number of carbonyl (C=O) groups is 2. The van der Waals surface area contributed by atoms with Gasteiger partial charge in [-0.05, 0) is 65.5 Å². The van der Waals surface area contributed by atoms with E-state index >= 15 is 0 Å². The number of halogens is 2. The highest BCUT2D eigenvalue weighted by atomic mass is 32.1. The molecule has 12 nitrogen and oxygen atoms in total. The molecule has 3 heterocycles. The number of pyridine rings is 1. The van der Waals surface area contributed by atoms with Gasteiger partial charge in [-0.15, -0.1) is 11.3 Å². The molecule has 0 atom stereocenters. The van der Waals surface area contributed by atoms with Crippen molar-refractivity contribution in [1.82, 2.24) is 24.8 Å². The molecular formula is C29H36F2N8O4S. The molecule has 0 saturated heterocycles. The van der Waals surface area contributed by atoms with E-state index in [1.807, 2.05) is 6.92 Å². The van der Waals surface area contributed by atoms with Crippen LogP contribution in [0.25, 0.3) is 17.0 Å². The lowest BCUT2D eigenvalue weighted by Gasteiger charge is -2.28. The maximum absolute atomic E-state index is 14.8. The Morgan fingerprint density at radius 3 is 2.64 bits per heavy atom. The summed E-state index contributed by atoms with van der Waals surface area (Å²) in [6, 6.07) is 1.88. The van der Waals surface area contributed by atoms with Crippen molar-refractivity contribution in [2.24, 2.45) is 10.8 Å². The molecule has 1 saturated carbocycles. The second-order valence-corrected chi connectivity index (χ2v) is 11.7. The molecule has 3 aromatic rings. The number of anilines is 1. The van der Waals surface area contributed by atoms with Crippen LogP contribution in [-0.2, 0) is 14.3 Å². The average molecular weight is 631 g/mol. The van der Waals surface area contributed by atoms with Gasteiger partial charge in [0.2, 0.25) is 5.95 Å². The van der Waals surface area contributed by atoms with Crippen molar-refractivity contribution in [3.63, 3.8) is 0 Å². The van der Waals surface area contributed by atoms with Crippen LogP contribution in [0.4, 0.5) is 14.5 Å². The zero-order chi connectivity index (χ0) is 32.0. The monoisotopic (exact) mass is 630 g/mol. The number of thiazole rings is 1. The van der Waals surface area contributed by atoms with E-state index in [2.05, 4.69) is 32.2 Å². The second kappa shape index (κ2) is 14.1. The molecule has 4 rings (SSSR count). The largest absolute Gasteiger partial charge is 0.441 e. The summed E-state index contributed by atoms with van der Waals surface area (Å²) in [5.74, 6) is -2.83. The smallest absolute Gasteiger partial charge is 0.327 e. The van der Waals surface area contributed by atoms with Crippen molar-refractivity contribution in [2.45, 2.75) is 71.1 Å². The van der Waals surface area contributed by atoms with Gasteiger partial charge in [0.15, 0.2) is 12.5 Å². The summed E-state index contributed by atoms with van der Waals surface area (Å²) < 4.78 is 41.4. The molecule has 0 spiro atoms. The second-order valence-electron chi connectivity index (χ2n) is 10.9. The Balaban J connectivity index is 1.53. The SMILES string of the molecule is C=NN(/C=C(\C)c1nc(C(=O)Nc2cn([C@H]3CC[C@H](OCC)CC3)nc2-c2nc(F)ccc2F)cs1)COC(=O)C(C)(C)N. The fourth-order valence-corrected chi connectivity index (χ4v) is 5.37. The highest BCUT2D eigenvalue weighted by molar-refractivity contribution is 7.11. The van der Waals surface area contributed by atoms with E-state index in [0.717, 1.165) is 37.8 Å². The number of hydrogen-bond donors (Lipinski definition) is 2. The third-order valence-electron chi connectivity index (χ3n) is 6.89. The van der Waals surface area contributed by atoms with Crippen LogP contribution in [0, 0.1) is 11.8 Å². The molecule has 0 aromatic carbocycles. The fourth-order valence-electron chi connectivity index (χ4n) is 4.60. The number of esters is 1. The summed E-state index contributed by atoms with van der Waals surface area (Å²) in [6.07, 6.45) is 6.57. The lowest BCUT2D eigenvalue weighted by molar-refractivity contribution is -0.152. The highest BCUT2D eigenvalue weighted by Gasteiger charge is 2.27. The number of nitrogens with one attached hydrogen (secondary N) is 1. The Labute approximate surface area is 258 Å². The predicted octanol–water partition coefficient (Wildman–Crippen LogP) is 4.97. The van der Waals surface area contributed by atoms with Gasteiger partial charge in [-0.1, -0.05) is 0 Å². The molecule has 1 fully saturated rings. The number of hydrazone groups is 1. The minimum absolute atomic E-state index is 0.0108. The third-order valence-corrected chi connectivity index (χ3v) is 7.87. The molecule has 236 valence electrons. The number of amides is 1. The fraction of sp³-hybridized carbons (Fsp3) is 0.448. The van der Waals surface area contributed by atoms with E-state index in [1.165, 1.54) is 30.2 Å². The zero-order valence-corrected chi connectivity index (χ0v) is 25.9. The van der Waals surface area contributed by atoms with Gasteiger partial charge in [0.25, 0.3) is 5.91 Å². The van der Waals surface area contributed by atoms with Crippen LogP contribution in [0.5, 0.6) is 0 Å². The van der Waals surface area contributed by atoms with E-state index in [1.54, 1.807) is 29.4 Å². The van der Waals surface area contributed by atoms with E-state index < -0.39 is 29.2 Å². The van der Waals surface area contributed by atoms with Crippen molar-refractivity contribution < 1.29 is 27.8 Å². The van der Waals surface area contributed by atoms with Crippen LogP contribution in [0.3, 0.4) is 0 Å². The van der Waals surface area contributed by atoms with Gasteiger partial charge >= 0.3 is 5.97 Å². The molecule has 0 unspecified atom stereocenters. The van der Waals surface area contributed by atoms with Gasteiger partial charge in [0, 0.05) is 36.7 Å². The van der Waals surface area contributed by atoms with Crippen molar-refractivity contribution in [1.29, 1.82) is 0 Å². The lowest BCUT2D eigenvalue weighted by atomic mass is 9.93. The summed E-state index contributed by atoms with van der Waals surface area (Å²) >= 11 is 1.20. The first kappa shape index (κ1) is 32.8. The molecule has 1 aliphatic rings. The first-order valence-electron chi connectivity index (χ1n) is 14.1. The number of rotatable bonds is 12. The van der Waals surface area contributed by atoms with Crippen LogP contribution >= 0.6 is 11.3 Å². The number of aromatic nitrogens is 4. The number of nitrogens with zero attached hydrogens (tertiary/aromatic N) is 6. The quantitative estimate of drug-likeness (QED) is 0.0930. The summed E-state index contributed by atoms with van der Waals surface area (Å²) in [6.45, 7) is 10.7. The lowest BCUT2D eigenvalue weighted by Crippen LogP contribution is -2.43. The number of hydrogen-bond acceptors (Lipinski definition) is 11. The maximum atomic E-state index is 14.8. The van der Waals surface area contributed by atoms with Gasteiger partial charge in [-0.25, -0.2) is 19.4 Å². The van der Waals surface area contributed by atoms with Crippen LogP contribution in [0.15, 0.2) is 35.0 Å². The molecule has 3 aromatic heterocycles. The first-order valence-corrected chi connectivity index (χ1v) is 15.0.